The van der Waals surface area contributed by atoms with Crippen molar-refractivity contribution in [3.05, 3.63) is 63.5 Å². The second kappa shape index (κ2) is 5.98. The maximum absolute atomic E-state index is 12.0. The molecule has 2 aliphatic heterocycles. The van der Waals surface area contributed by atoms with E-state index >= 15 is 0 Å². The third-order valence-electron chi connectivity index (χ3n) is 3.63. The van der Waals surface area contributed by atoms with Gasteiger partial charge in [-0.2, -0.15) is 0 Å². The van der Waals surface area contributed by atoms with Crippen molar-refractivity contribution in [2.45, 2.75) is 0 Å². The number of benzene rings is 1. The van der Waals surface area contributed by atoms with Crippen LogP contribution in [0, 0.1) is 0 Å². The molecule has 24 heavy (non-hydrogen) atoms. The lowest BCUT2D eigenvalue weighted by Gasteiger charge is -2.16. The fourth-order valence-electron chi connectivity index (χ4n) is 2.46. The van der Waals surface area contributed by atoms with Gasteiger partial charge in [-0.15, -0.1) is 11.3 Å². The van der Waals surface area contributed by atoms with E-state index in [0.29, 0.717) is 12.5 Å². The highest BCUT2D eigenvalue weighted by Crippen LogP contribution is 2.31. The Morgan fingerprint density at radius 3 is 3.04 bits per heavy atom. The molecule has 0 saturated heterocycles. The van der Waals surface area contributed by atoms with Crippen molar-refractivity contribution in [1.29, 1.82) is 0 Å². The van der Waals surface area contributed by atoms with Crippen LogP contribution < -0.4 is 9.47 Å². The summed E-state index contributed by atoms with van der Waals surface area (Å²) in [7, 11) is 1.62. The predicted octanol–water partition coefficient (Wildman–Crippen LogP) is 3.42. The smallest absolute Gasteiger partial charge is 0.363 e. The summed E-state index contributed by atoms with van der Waals surface area (Å²) in [6.07, 6.45) is 3.67. The van der Waals surface area contributed by atoms with Crippen LogP contribution >= 0.6 is 11.3 Å². The van der Waals surface area contributed by atoms with Crippen LogP contribution in [-0.2, 0) is 9.53 Å². The summed E-state index contributed by atoms with van der Waals surface area (Å²) in [6, 6.07) is 9.38. The van der Waals surface area contributed by atoms with Gasteiger partial charge in [0.25, 0.3) is 0 Å². The highest BCUT2D eigenvalue weighted by Gasteiger charge is 2.25. The maximum atomic E-state index is 12.0. The average Bonchev–Trinajstić information content (AvgIpc) is 3.25. The first-order valence-electron chi connectivity index (χ1n) is 7.31. The summed E-state index contributed by atoms with van der Waals surface area (Å²) in [4.78, 5) is 17.1. The summed E-state index contributed by atoms with van der Waals surface area (Å²) < 4.78 is 16.1. The lowest BCUT2D eigenvalue weighted by atomic mass is 10.1. The first kappa shape index (κ1) is 14.7. The molecule has 0 N–H and O–H groups in total. The monoisotopic (exact) mass is 339 g/mol. The van der Waals surface area contributed by atoms with Gasteiger partial charge < -0.3 is 14.2 Å². The predicted molar refractivity (Wildman–Crippen MR) is 91.5 cm³/mol. The van der Waals surface area contributed by atoms with E-state index in [9.17, 15) is 4.79 Å². The summed E-state index contributed by atoms with van der Waals surface area (Å²) >= 11 is 1.48. The van der Waals surface area contributed by atoms with Gasteiger partial charge in [0, 0.05) is 11.6 Å². The van der Waals surface area contributed by atoms with E-state index in [4.69, 9.17) is 14.2 Å². The number of hydrogen-bond acceptors (Lipinski definition) is 6. The van der Waals surface area contributed by atoms with Gasteiger partial charge in [0.15, 0.2) is 5.70 Å². The van der Waals surface area contributed by atoms with Crippen molar-refractivity contribution < 1.29 is 19.0 Å². The number of esters is 1. The van der Waals surface area contributed by atoms with Crippen molar-refractivity contribution in [3.63, 3.8) is 0 Å². The number of methoxy groups -OCH3 is 1. The van der Waals surface area contributed by atoms with E-state index in [2.05, 4.69) is 4.99 Å². The molecule has 3 heterocycles. The number of rotatable bonds is 3. The number of fused-ring (bicyclic) bond motifs is 1. The molecule has 120 valence electrons. The topological polar surface area (TPSA) is 57.1 Å². The fraction of sp³-hybridized carbons (Fsp3) is 0.111. The maximum Gasteiger partial charge on any atom is 0.363 e. The van der Waals surface area contributed by atoms with Crippen molar-refractivity contribution in [1.82, 2.24) is 0 Å². The molecule has 0 spiro atoms. The second-order valence-electron chi connectivity index (χ2n) is 5.23. The summed E-state index contributed by atoms with van der Waals surface area (Å²) in [5, 5.41) is 1.91. The number of cyclic esters (lactones) is 1. The average molecular weight is 339 g/mol. The fourth-order valence-corrected chi connectivity index (χ4v) is 3.11. The van der Waals surface area contributed by atoms with Gasteiger partial charge in [-0.1, -0.05) is 6.07 Å². The van der Waals surface area contributed by atoms with Crippen molar-refractivity contribution in [2.24, 2.45) is 4.99 Å². The number of carbonyl (C=O) groups excluding carboxylic acids is 1. The molecule has 0 bridgehead atoms. The molecule has 4 rings (SSSR count). The minimum atomic E-state index is -0.445. The molecule has 0 unspecified atom stereocenters. The van der Waals surface area contributed by atoms with Gasteiger partial charge in [-0.05, 0) is 41.3 Å². The van der Waals surface area contributed by atoms with Crippen molar-refractivity contribution >= 4 is 29.3 Å². The zero-order valence-corrected chi connectivity index (χ0v) is 13.6. The highest BCUT2D eigenvalue weighted by atomic mass is 32.1. The molecule has 2 aromatic rings. The van der Waals surface area contributed by atoms with E-state index in [-0.39, 0.29) is 5.70 Å². The molecule has 0 saturated carbocycles. The van der Waals surface area contributed by atoms with Gasteiger partial charge in [-0.25, -0.2) is 9.79 Å². The van der Waals surface area contributed by atoms with Crippen LogP contribution in [0.15, 0.2) is 58.1 Å². The van der Waals surface area contributed by atoms with E-state index in [1.165, 1.54) is 11.3 Å². The number of hydrogen-bond donors (Lipinski definition) is 0. The number of ether oxygens (including phenoxy) is 3. The Kier molecular flexibility index (Phi) is 3.66. The van der Waals surface area contributed by atoms with Gasteiger partial charge in [0.1, 0.15) is 18.1 Å². The van der Waals surface area contributed by atoms with Gasteiger partial charge in [0.05, 0.1) is 12.0 Å². The minimum Gasteiger partial charge on any atom is -0.497 e. The van der Waals surface area contributed by atoms with Crippen molar-refractivity contribution in [2.75, 3.05) is 13.7 Å². The Labute approximate surface area is 142 Å². The lowest BCUT2D eigenvalue weighted by molar-refractivity contribution is -0.130. The first-order valence-corrected chi connectivity index (χ1v) is 8.19. The SMILES string of the molecule is COc1ccc2c(c1)OCC(C=C1N=C(c3cccs3)OC1=O)=C2. The van der Waals surface area contributed by atoms with Gasteiger partial charge in [0.2, 0.25) is 5.90 Å². The van der Waals surface area contributed by atoms with Crippen LogP contribution in [0.4, 0.5) is 0 Å². The van der Waals surface area contributed by atoms with E-state index in [1.54, 1.807) is 13.2 Å². The number of carbonyl (C=O) groups is 1. The molecule has 0 fully saturated rings. The molecular formula is C18H13NO4S. The summed E-state index contributed by atoms with van der Waals surface area (Å²) in [5.41, 5.74) is 2.07. The Hall–Kier alpha value is -2.86. The Morgan fingerprint density at radius 1 is 1.33 bits per heavy atom. The number of nitrogens with zero attached hydrogens (tertiary/aromatic N) is 1. The highest BCUT2D eigenvalue weighted by molar-refractivity contribution is 7.12. The Bertz CT molecular complexity index is 894. The van der Waals surface area contributed by atoms with Crippen LogP contribution in [-0.4, -0.2) is 25.6 Å². The Balaban J connectivity index is 1.63. The van der Waals surface area contributed by atoms with Gasteiger partial charge in [-0.3, -0.25) is 0 Å². The van der Waals surface area contributed by atoms with Crippen LogP contribution in [0.5, 0.6) is 11.5 Å². The first-order chi connectivity index (χ1) is 11.7. The standard InChI is InChI=1S/C18H13NO4S/c1-21-13-5-4-12-7-11(10-22-15(12)9-13)8-14-18(20)23-17(19-14)16-3-2-6-24-16/h2-9H,10H2,1H3. The third kappa shape index (κ3) is 2.72. The van der Waals surface area contributed by atoms with E-state index < -0.39 is 5.97 Å². The summed E-state index contributed by atoms with van der Waals surface area (Å²) in [6.45, 7) is 0.362. The molecule has 0 atom stereocenters. The second-order valence-corrected chi connectivity index (χ2v) is 6.17. The van der Waals surface area contributed by atoms with Crippen molar-refractivity contribution in [3.8, 4) is 11.5 Å². The van der Waals surface area contributed by atoms with Crippen LogP contribution in [0.2, 0.25) is 0 Å². The normalized spacial score (nSPS) is 17.7. The largest absolute Gasteiger partial charge is 0.497 e. The molecular weight excluding hydrogens is 326 g/mol. The molecule has 0 aliphatic carbocycles. The quantitative estimate of drug-likeness (QED) is 0.635. The molecule has 2 aliphatic rings. The molecule has 0 amide bonds. The van der Waals surface area contributed by atoms with Crippen LogP contribution in [0.3, 0.4) is 0 Å². The summed E-state index contributed by atoms with van der Waals surface area (Å²) in [5.74, 6) is 1.41. The molecule has 1 aromatic heterocycles. The van der Waals surface area contributed by atoms with Crippen LogP contribution in [0.1, 0.15) is 10.4 Å². The molecule has 0 radical (unpaired) electrons. The zero-order valence-electron chi connectivity index (χ0n) is 12.8. The minimum absolute atomic E-state index is 0.283. The van der Waals surface area contributed by atoms with E-state index in [0.717, 1.165) is 27.5 Å². The zero-order chi connectivity index (χ0) is 16.5. The van der Waals surface area contributed by atoms with Gasteiger partial charge >= 0.3 is 5.97 Å². The number of thiophene rings is 1. The number of aliphatic imine (C=N–C) groups is 1. The van der Waals surface area contributed by atoms with E-state index in [1.807, 2.05) is 41.8 Å². The Morgan fingerprint density at radius 2 is 2.25 bits per heavy atom. The molecule has 1 aromatic carbocycles. The molecule has 6 heteroatoms. The lowest BCUT2D eigenvalue weighted by Crippen LogP contribution is -2.08. The van der Waals surface area contributed by atoms with Crippen LogP contribution in [0.25, 0.3) is 6.08 Å². The third-order valence-corrected chi connectivity index (χ3v) is 4.49. The molecule has 5 nitrogen and oxygen atoms in total.